The van der Waals surface area contributed by atoms with E-state index >= 15 is 0 Å². The van der Waals surface area contributed by atoms with Gasteiger partial charge in [-0.3, -0.25) is 19.9 Å². The Morgan fingerprint density at radius 2 is 1.86 bits per heavy atom. The molecule has 22 heavy (non-hydrogen) atoms. The summed E-state index contributed by atoms with van der Waals surface area (Å²) in [4.78, 5) is 39.0. The molecule has 0 aromatic carbocycles. The summed E-state index contributed by atoms with van der Waals surface area (Å²) in [6, 6.07) is 1.57. The lowest BCUT2D eigenvalue weighted by Gasteiger charge is -2.22. The molecular weight excluding hydrogens is 290 g/mol. The largest absolute Gasteiger partial charge is 0.444 e. The lowest BCUT2D eigenvalue weighted by Crippen LogP contribution is -2.51. The standard InChI is InChI=1S/C14H19N3O5/c1-14(2,3)22-13(21)16-10(8-18)12(20)17-11(19)9-4-6-15-7-5-9/h4-7,10,18H,8H2,1-3H3,(H,16,21)(H,17,19,20)/t10-/m0/s1. The lowest BCUT2D eigenvalue weighted by molar-refractivity contribution is -0.123. The molecule has 120 valence electrons. The van der Waals surface area contributed by atoms with Crippen molar-refractivity contribution in [3.8, 4) is 0 Å². The van der Waals surface area contributed by atoms with Crippen LogP contribution >= 0.6 is 0 Å². The number of nitrogens with one attached hydrogen (secondary N) is 2. The molecule has 1 aromatic heterocycles. The fourth-order valence-electron chi connectivity index (χ4n) is 1.42. The van der Waals surface area contributed by atoms with E-state index in [4.69, 9.17) is 4.74 Å². The summed E-state index contributed by atoms with van der Waals surface area (Å²) in [7, 11) is 0. The Labute approximate surface area is 127 Å². The zero-order valence-electron chi connectivity index (χ0n) is 12.6. The molecule has 1 atom stereocenters. The van der Waals surface area contributed by atoms with Gasteiger partial charge in [-0.05, 0) is 32.9 Å². The Morgan fingerprint density at radius 1 is 1.27 bits per heavy atom. The maximum absolute atomic E-state index is 11.9. The second-order valence-corrected chi connectivity index (χ2v) is 5.44. The summed E-state index contributed by atoms with van der Waals surface area (Å²) in [5, 5.41) is 13.4. The number of aliphatic hydroxyl groups excluding tert-OH is 1. The van der Waals surface area contributed by atoms with Crippen molar-refractivity contribution in [2.45, 2.75) is 32.4 Å². The minimum atomic E-state index is -1.29. The van der Waals surface area contributed by atoms with Gasteiger partial charge in [-0.2, -0.15) is 0 Å². The molecule has 0 radical (unpaired) electrons. The topological polar surface area (TPSA) is 118 Å². The smallest absolute Gasteiger partial charge is 0.408 e. The highest BCUT2D eigenvalue weighted by molar-refractivity contribution is 6.06. The highest BCUT2D eigenvalue weighted by Gasteiger charge is 2.25. The van der Waals surface area contributed by atoms with Crippen LogP contribution in [0.5, 0.6) is 0 Å². The third-order valence-corrected chi connectivity index (χ3v) is 2.37. The van der Waals surface area contributed by atoms with Crippen molar-refractivity contribution in [2.24, 2.45) is 0 Å². The lowest BCUT2D eigenvalue weighted by atomic mass is 10.2. The zero-order valence-corrected chi connectivity index (χ0v) is 12.6. The summed E-state index contributed by atoms with van der Waals surface area (Å²) >= 11 is 0. The van der Waals surface area contributed by atoms with Gasteiger partial charge in [0, 0.05) is 18.0 Å². The van der Waals surface area contributed by atoms with Gasteiger partial charge in [-0.15, -0.1) is 0 Å². The van der Waals surface area contributed by atoms with Gasteiger partial charge >= 0.3 is 6.09 Å². The SMILES string of the molecule is CC(C)(C)OC(=O)N[C@@H](CO)C(=O)NC(=O)c1ccncc1. The van der Waals surface area contributed by atoms with Crippen LogP contribution in [0.25, 0.3) is 0 Å². The molecule has 0 fully saturated rings. The summed E-state index contributed by atoms with van der Waals surface area (Å²) in [5.74, 6) is -1.49. The van der Waals surface area contributed by atoms with E-state index in [1.165, 1.54) is 24.5 Å². The van der Waals surface area contributed by atoms with Gasteiger partial charge in [0.1, 0.15) is 11.6 Å². The molecule has 3 amide bonds. The normalized spacial score (nSPS) is 12.2. The van der Waals surface area contributed by atoms with Gasteiger partial charge in [0.05, 0.1) is 6.61 Å². The van der Waals surface area contributed by atoms with Crippen molar-refractivity contribution in [1.29, 1.82) is 0 Å². The van der Waals surface area contributed by atoms with E-state index in [1.807, 2.05) is 0 Å². The predicted octanol–water partition coefficient (Wildman–Crippen LogP) is 0.224. The van der Waals surface area contributed by atoms with Crippen LogP contribution in [0.4, 0.5) is 4.79 Å². The van der Waals surface area contributed by atoms with Gasteiger partial charge in [0.15, 0.2) is 0 Å². The van der Waals surface area contributed by atoms with Crippen molar-refractivity contribution in [3.63, 3.8) is 0 Å². The average Bonchev–Trinajstić information content (AvgIpc) is 2.43. The van der Waals surface area contributed by atoms with Crippen LogP contribution in [-0.4, -0.2) is 46.2 Å². The molecule has 0 bridgehead atoms. The van der Waals surface area contributed by atoms with E-state index < -0.39 is 36.2 Å². The van der Waals surface area contributed by atoms with Crippen LogP contribution in [-0.2, 0) is 9.53 Å². The quantitative estimate of drug-likeness (QED) is 0.732. The first kappa shape index (κ1) is 17.6. The first-order valence-electron chi connectivity index (χ1n) is 6.58. The van der Waals surface area contributed by atoms with Crippen LogP contribution in [0.3, 0.4) is 0 Å². The van der Waals surface area contributed by atoms with Crippen molar-refractivity contribution in [3.05, 3.63) is 30.1 Å². The highest BCUT2D eigenvalue weighted by atomic mass is 16.6. The molecule has 8 nitrogen and oxygen atoms in total. The minimum Gasteiger partial charge on any atom is -0.444 e. The molecule has 1 rings (SSSR count). The van der Waals surface area contributed by atoms with E-state index in [0.717, 1.165) is 0 Å². The summed E-state index contributed by atoms with van der Waals surface area (Å²) in [6.45, 7) is 4.31. The molecule has 0 aliphatic rings. The molecular formula is C14H19N3O5. The minimum absolute atomic E-state index is 0.234. The van der Waals surface area contributed by atoms with E-state index in [0.29, 0.717) is 0 Å². The number of aromatic nitrogens is 1. The van der Waals surface area contributed by atoms with Crippen molar-refractivity contribution in [1.82, 2.24) is 15.6 Å². The maximum atomic E-state index is 11.9. The second-order valence-electron chi connectivity index (χ2n) is 5.44. The molecule has 0 unspecified atom stereocenters. The molecule has 1 aromatic rings. The number of hydrogen-bond donors (Lipinski definition) is 3. The number of imide groups is 1. The fourth-order valence-corrected chi connectivity index (χ4v) is 1.42. The predicted molar refractivity (Wildman–Crippen MR) is 77.0 cm³/mol. The van der Waals surface area contributed by atoms with Crippen LogP contribution in [0.15, 0.2) is 24.5 Å². The number of pyridine rings is 1. The van der Waals surface area contributed by atoms with Gasteiger partial charge in [-0.1, -0.05) is 0 Å². The number of amides is 3. The maximum Gasteiger partial charge on any atom is 0.408 e. The summed E-state index contributed by atoms with van der Waals surface area (Å²) in [6.07, 6.45) is 1.95. The number of rotatable bonds is 4. The molecule has 0 spiro atoms. The van der Waals surface area contributed by atoms with E-state index in [-0.39, 0.29) is 5.56 Å². The number of alkyl carbamates (subject to hydrolysis) is 1. The Morgan fingerprint density at radius 3 is 2.36 bits per heavy atom. The Bertz CT molecular complexity index is 539. The molecule has 0 saturated heterocycles. The van der Waals surface area contributed by atoms with Crippen LogP contribution in [0.1, 0.15) is 31.1 Å². The summed E-state index contributed by atoms with van der Waals surface area (Å²) in [5.41, 5.74) is -0.509. The van der Waals surface area contributed by atoms with E-state index in [2.05, 4.69) is 15.6 Å². The number of nitrogens with zero attached hydrogens (tertiary/aromatic N) is 1. The molecule has 1 heterocycles. The Hall–Kier alpha value is -2.48. The number of carbonyl (C=O) groups excluding carboxylic acids is 3. The van der Waals surface area contributed by atoms with Gasteiger partial charge < -0.3 is 15.2 Å². The van der Waals surface area contributed by atoms with Crippen molar-refractivity contribution >= 4 is 17.9 Å². The van der Waals surface area contributed by atoms with Gasteiger partial charge in [0.2, 0.25) is 0 Å². The zero-order chi connectivity index (χ0) is 16.8. The van der Waals surface area contributed by atoms with Crippen molar-refractivity contribution < 1.29 is 24.2 Å². The van der Waals surface area contributed by atoms with Crippen LogP contribution in [0, 0.1) is 0 Å². The molecule has 0 aliphatic heterocycles. The average molecular weight is 309 g/mol. The fraction of sp³-hybridized carbons (Fsp3) is 0.429. The number of carbonyl (C=O) groups is 3. The van der Waals surface area contributed by atoms with Gasteiger partial charge in [-0.25, -0.2) is 4.79 Å². The van der Waals surface area contributed by atoms with Crippen LogP contribution < -0.4 is 10.6 Å². The third kappa shape index (κ3) is 5.88. The van der Waals surface area contributed by atoms with Crippen LogP contribution in [0.2, 0.25) is 0 Å². The molecule has 0 saturated carbocycles. The monoisotopic (exact) mass is 309 g/mol. The molecule has 8 heteroatoms. The molecule has 3 N–H and O–H groups in total. The first-order valence-corrected chi connectivity index (χ1v) is 6.58. The van der Waals surface area contributed by atoms with Crippen molar-refractivity contribution in [2.75, 3.05) is 6.61 Å². The number of ether oxygens (including phenoxy) is 1. The molecule has 0 aliphatic carbocycles. The van der Waals surface area contributed by atoms with E-state index in [1.54, 1.807) is 20.8 Å². The number of hydrogen-bond acceptors (Lipinski definition) is 6. The Kier molecular flexibility index (Phi) is 6.00. The second kappa shape index (κ2) is 7.51. The van der Waals surface area contributed by atoms with E-state index in [9.17, 15) is 19.5 Å². The highest BCUT2D eigenvalue weighted by Crippen LogP contribution is 2.06. The first-order chi connectivity index (χ1) is 10.2. The van der Waals surface area contributed by atoms with Gasteiger partial charge in [0.25, 0.3) is 11.8 Å². The third-order valence-electron chi connectivity index (χ3n) is 2.37. The summed E-state index contributed by atoms with van der Waals surface area (Å²) < 4.78 is 4.98. The number of aliphatic hydroxyl groups is 1. The Balaban J connectivity index is 2.61.